The normalized spacial score (nSPS) is 31.9. The molecular formula is C21H29F4NO. The Kier molecular flexibility index (Phi) is 7.13. The molecule has 0 bridgehead atoms. The van der Waals surface area contributed by atoms with Crippen molar-refractivity contribution < 1.29 is 22.7 Å². The number of nitrogens with zero attached hydrogens (tertiary/aromatic N) is 1. The minimum absolute atomic E-state index is 0.0156. The van der Waals surface area contributed by atoms with E-state index in [9.17, 15) is 22.7 Å². The summed E-state index contributed by atoms with van der Waals surface area (Å²) in [6, 6.07) is 1.74. The molecule has 27 heavy (non-hydrogen) atoms. The van der Waals surface area contributed by atoms with Crippen LogP contribution >= 0.6 is 0 Å². The molecule has 0 saturated heterocycles. The van der Waals surface area contributed by atoms with Gasteiger partial charge in [0.05, 0.1) is 23.5 Å². The molecule has 0 spiro atoms. The Morgan fingerprint density at radius 3 is 2.56 bits per heavy atom. The van der Waals surface area contributed by atoms with E-state index in [0.29, 0.717) is 32.1 Å². The van der Waals surface area contributed by atoms with E-state index in [1.54, 1.807) is 25.1 Å². The van der Waals surface area contributed by atoms with Gasteiger partial charge in [-0.15, -0.1) is 0 Å². The molecule has 0 aliphatic heterocycles. The average molecular weight is 387 g/mol. The number of alkyl halides is 4. The van der Waals surface area contributed by atoms with Crippen LogP contribution < -0.4 is 0 Å². The lowest BCUT2D eigenvalue weighted by molar-refractivity contribution is -0.186. The van der Waals surface area contributed by atoms with Gasteiger partial charge in [0.2, 0.25) is 0 Å². The molecule has 0 amide bonds. The summed E-state index contributed by atoms with van der Waals surface area (Å²) in [6.07, 6.45) is 2.97. The van der Waals surface area contributed by atoms with Crippen LogP contribution in [-0.2, 0) is 0 Å². The van der Waals surface area contributed by atoms with Crippen LogP contribution in [0.1, 0.15) is 58.8 Å². The number of rotatable bonds is 7. The third-order valence-electron chi connectivity index (χ3n) is 6.11. The summed E-state index contributed by atoms with van der Waals surface area (Å²) in [7, 11) is 0. The molecule has 6 unspecified atom stereocenters. The Labute approximate surface area is 158 Å². The summed E-state index contributed by atoms with van der Waals surface area (Å²) in [5.74, 6) is -3.00. The molecule has 0 aromatic rings. The van der Waals surface area contributed by atoms with Gasteiger partial charge in [-0.2, -0.15) is 18.4 Å². The smallest absolute Gasteiger partial charge is 0.390 e. The standard InChI is InChI=1S/C21H29F4NO/c1-14(16-4-5-17(13-26)19(12-16)21(23,24)25)7-9-20(2,27)10-8-15-3-6-18(22)11-15/h4-5,11,14,16-19,27H,3,6-10,12H2,1-2H3. The maximum atomic E-state index is 13.2. The van der Waals surface area contributed by atoms with Gasteiger partial charge in [0, 0.05) is 0 Å². The van der Waals surface area contributed by atoms with Crippen molar-refractivity contribution in [1.29, 1.82) is 5.26 Å². The molecule has 6 atom stereocenters. The Balaban J connectivity index is 1.86. The highest BCUT2D eigenvalue weighted by atomic mass is 19.4. The van der Waals surface area contributed by atoms with Gasteiger partial charge >= 0.3 is 6.18 Å². The molecule has 1 N–H and O–H groups in total. The van der Waals surface area contributed by atoms with E-state index < -0.39 is 29.8 Å². The van der Waals surface area contributed by atoms with Crippen LogP contribution in [0, 0.1) is 35.0 Å². The molecule has 0 heterocycles. The molecule has 2 nitrogen and oxygen atoms in total. The summed E-state index contributed by atoms with van der Waals surface area (Å²) < 4.78 is 52.8. The van der Waals surface area contributed by atoms with Crippen molar-refractivity contribution in [2.45, 2.75) is 76.7 Å². The Hall–Kier alpha value is -1.35. The second-order valence-corrected chi connectivity index (χ2v) is 8.48. The highest BCUT2D eigenvalue weighted by Crippen LogP contribution is 2.43. The van der Waals surface area contributed by atoms with Crippen LogP contribution in [0.25, 0.3) is 0 Å². The molecular weight excluding hydrogens is 358 g/mol. The van der Waals surface area contributed by atoms with Gasteiger partial charge in [0.25, 0.3) is 0 Å². The number of hydrogen-bond donors (Lipinski definition) is 1. The zero-order valence-corrected chi connectivity index (χ0v) is 16.0. The highest BCUT2D eigenvalue weighted by Gasteiger charge is 2.47. The largest absolute Gasteiger partial charge is 0.393 e. The third-order valence-corrected chi connectivity index (χ3v) is 6.11. The van der Waals surface area contributed by atoms with Crippen molar-refractivity contribution in [3.63, 3.8) is 0 Å². The first-order valence-electron chi connectivity index (χ1n) is 9.72. The number of aliphatic hydroxyl groups is 1. The van der Waals surface area contributed by atoms with Crippen molar-refractivity contribution in [3.05, 3.63) is 23.8 Å². The van der Waals surface area contributed by atoms with Crippen molar-refractivity contribution in [2.24, 2.45) is 23.7 Å². The number of allylic oxidation sites excluding steroid dienone is 4. The van der Waals surface area contributed by atoms with E-state index in [2.05, 4.69) is 0 Å². The minimum atomic E-state index is -4.38. The fraction of sp³-hybridized carbons (Fsp3) is 0.762. The van der Waals surface area contributed by atoms with Gasteiger partial charge < -0.3 is 5.11 Å². The molecule has 0 aromatic carbocycles. The summed E-state index contributed by atoms with van der Waals surface area (Å²) in [5, 5.41) is 19.5. The van der Waals surface area contributed by atoms with Gasteiger partial charge in [-0.05, 0) is 63.7 Å². The molecule has 2 aliphatic carbocycles. The third kappa shape index (κ3) is 6.34. The first-order valence-corrected chi connectivity index (χ1v) is 9.72. The number of hydrogen-bond acceptors (Lipinski definition) is 2. The fourth-order valence-corrected chi connectivity index (χ4v) is 4.07. The van der Waals surface area contributed by atoms with Crippen LogP contribution in [0.2, 0.25) is 0 Å². The quantitative estimate of drug-likeness (QED) is 0.437. The van der Waals surface area contributed by atoms with E-state index >= 15 is 0 Å². The van der Waals surface area contributed by atoms with E-state index in [-0.39, 0.29) is 18.3 Å². The molecule has 152 valence electrons. The monoisotopic (exact) mass is 387 g/mol. The van der Waals surface area contributed by atoms with Crippen LogP contribution in [0.15, 0.2) is 23.8 Å². The lowest BCUT2D eigenvalue weighted by Gasteiger charge is -2.34. The average Bonchev–Trinajstić information content (AvgIpc) is 3.02. The van der Waals surface area contributed by atoms with Crippen molar-refractivity contribution in [3.8, 4) is 6.07 Å². The minimum Gasteiger partial charge on any atom is -0.390 e. The van der Waals surface area contributed by atoms with Crippen LogP contribution in [0.4, 0.5) is 17.6 Å². The fourth-order valence-electron chi connectivity index (χ4n) is 4.07. The number of halogens is 4. The van der Waals surface area contributed by atoms with Crippen LogP contribution in [-0.4, -0.2) is 23.1 Å². The first kappa shape index (κ1) is 21.9. The van der Waals surface area contributed by atoms with Gasteiger partial charge in [-0.3, -0.25) is 0 Å². The second-order valence-electron chi connectivity index (χ2n) is 8.48. The van der Waals surface area contributed by atoms with Gasteiger partial charge in [-0.25, -0.2) is 4.39 Å². The maximum absolute atomic E-state index is 13.2. The lowest BCUT2D eigenvalue weighted by atomic mass is 9.73. The summed E-state index contributed by atoms with van der Waals surface area (Å²) in [6.45, 7) is 3.64. The van der Waals surface area contributed by atoms with Gasteiger partial charge in [0.15, 0.2) is 0 Å². The van der Waals surface area contributed by atoms with E-state index in [4.69, 9.17) is 5.26 Å². The highest BCUT2D eigenvalue weighted by molar-refractivity contribution is 5.13. The van der Waals surface area contributed by atoms with Crippen molar-refractivity contribution >= 4 is 0 Å². The van der Waals surface area contributed by atoms with Crippen molar-refractivity contribution in [2.75, 3.05) is 0 Å². The molecule has 0 saturated carbocycles. The summed E-state index contributed by atoms with van der Waals surface area (Å²) in [4.78, 5) is 0. The molecule has 2 rings (SSSR count). The zero-order valence-electron chi connectivity index (χ0n) is 16.0. The molecule has 0 fully saturated rings. The molecule has 2 aliphatic rings. The van der Waals surface area contributed by atoms with Crippen LogP contribution in [0.3, 0.4) is 0 Å². The first-order chi connectivity index (χ1) is 12.5. The van der Waals surface area contributed by atoms with E-state index in [1.807, 2.05) is 6.92 Å². The topological polar surface area (TPSA) is 44.0 Å². The van der Waals surface area contributed by atoms with Crippen molar-refractivity contribution in [1.82, 2.24) is 0 Å². The summed E-state index contributed by atoms with van der Waals surface area (Å²) >= 11 is 0. The molecule has 6 heteroatoms. The zero-order chi connectivity index (χ0) is 20.2. The molecule has 0 aromatic heterocycles. The number of nitriles is 1. The second kappa shape index (κ2) is 8.77. The van der Waals surface area contributed by atoms with Gasteiger partial charge in [-0.1, -0.05) is 30.7 Å². The van der Waals surface area contributed by atoms with E-state index in [0.717, 1.165) is 12.0 Å². The Bertz CT molecular complexity index is 602. The Morgan fingerprint density at radius 1 is 1.30 bits per heavy atom. The van der Waals surface area contributed by atoms with Gasteiger partial charge in [0.1, 0.15) is 6.17 Å². The molecule has 0 radical (unpaired) electrons. The Morgan fingerprint density at radius 2 is 2.00 bits per heavy atom. The SMILES string of the molecule is CC(CCC(C)(O)CCC1=CC(F)CC1)C1C=CC(C#N)C(C(F)(F)F)C1. The predicted molar refractivity (Wildman–Crippen MR) is 96.4 cm³/mol. The predicted octanol–water partition coefficient (Wildman–Crippen LogP) is 5.89. The van der Waals surface area contributed by atoms with E-state index in [1.165, 1.54) is 6.08 Å². The maximum Gasteiger partial charge on any atom is 0.393 e. The lowest BCUT2D eigenvalue weighted by Crippen LogP contribution is -2.35. The van der Waals surface area contributed by atoms with Crippen LogP contribution in [0.5, 0.6) is 0 Å². The summed E-state index contributed by atoms with van der Waals surface area (Å²) in [5.41, 5.74) is 0.127.